The van der Waals surface area contributed by atoms with Crippen LogP contribution in [0.4, 0.5) is 0 Å². The summed E-state index contributed by atoms with van der Waals surface area (Å²) in [5.41, 5.74) is 9.31. The van der Waals surface area contributed by atoms with Gasteiger partial charge in [0.2, 0.25) is 21.8 Å². The zero-order valence-corrected chi connectivity index (χ0v) is 40.2. The highest BCUT2D eigenvalue weighted by atomic mass is 32.2. The average molecular weight is 929 g/mol. The summed E-state index contributed by atoms with van der Waals surface area (Å²) < 4.78 is 40.7. The van der Waals surface area contributed by atoms with Gasteiger partial charge < -0.3 is 29.4 Å². The number of phenolic OH excluding ortho intramolecular Hbond substituents is 1. The Morgan fingerprint density at radius 3 is 2.52 bits per heavy atom. The molecule has 4 aromatic rings. The number of amides is 3. The van der Waals surface area contributed by atoms with Crippen LogP contribution in [-0.4, -0.2) is 132 Å². The molecule has 0 radical (unpaired) electrons. The van der Waals surface area contributed by atoms with Crippen LogP contribution in [0.15, 0.2) is 54.7 Å². The van der Waals surface area contributed by atoms with E-state index >= 15 is 0 Å². The van der Waals surface area contributed by atoms with Gasteiger partial charge in [0.15, 0.2) is 0 Å². The van der Waals surface area contributed by atoms with Gasteiger partial charge in [-0.25, -0.2) is 13.8 Å². The number of likely N-dealkylation sites (N-methyl/N-ethyl adjacent to an activating group) is 2. The van der Waals surface area contributed by atoms with Crippen LogP contribution in [0, 0.1) is 11.3 Å². The van der Waals surface area contributed by atoms with Gasteiger partial charge >= 0.3 is 5.97 Å². The molecule has 356 valence electrons. The number of nitrogens with zero attached hydrogens (tertiary/aromatic N) is 5. The van der Waals surface area contributed by atoms with Gasteiger partial charge in [-0.05, 0) is 97.7 Å². The Hall–Kier alpha value is -5.40. The monoisotopic (exact) mass is 928 g/mol. The number of sulfonamides is 1. The van der Waals surface area contributed by atoms with Crippen molar-refractivity contribution in [2.75, 3.05) is 47.4 Å². The van der Waals surface area contributed by atoms with E-state index in [-0.39, 0.29) is 31.4 Å². The number of carbonyl (C=O) groups excluding carboxylic acids is 4. The highest BCUT2D eigenvalue weighted by Gasteiger charge is 2.41. The Labute approximate surface area is 387 Å². The predicted molar refractivity (Wildman–Crippen MR) is 250 cm³/mol. The van der Waals surface area contributed by atoms with Crippen molar-refractivity contribution >= 4 is 44.6 Å². The van der Waals surface area contributed by atoms with Crippen LogP contribution >= 0.6 is 0 Å². The molecule has 2 fully saturated rings. The number of hydrazine groups is 1. The molecule has 5 heterocycles. The number of methoxy groups -OCH3 is 1. The molecule has 3 aliphatic rings. The molecule has 17 nitrogen and oxygen atoms in total. The molecule has 66 heavy (non-hydrogen) atoms. The highest BCUT2D eigenvalue weighted by Crippen LogP contribution is 2.42. The minimum Gasteiger partial charge on any atom is -0.508 e. The van der Waals surface area contributed by atoms with Gasteiger partial charge in [0, 0.05) is 75.3 Å². The lowest BCUT2D eigenvalue weighted by atomic mass is 9.84. The zero-order chi connectivity index (χ0) is 47.8. The predicted octanol–water partition coefficient (Wildman–Crippen LogP) is 4.13. The molecule has 0 aliphatic carbocycles. The average Bonchev–Trinajstić information content (AvgIpc) is 4.11. The third-order valence-corrected chi connectivity index (χ3v) is 15.0. The largest absolute Gasteiger partial charge is 0.508 e. The minimum atomic E-state index is -3.76. The molecule has 2 aromatic carbocycles. The number of rotatable bonds is 12. The first-order chi connectivity index (χ1) is 31.2. The van der Waals surface area contributed by atoms with Crippen LogP contribution in [0.1, 0.15) is 77.3 Å². The van der Waals surface area contributed by atoms with E-state index in [2.05, 4.69) is 59.6 Å². The van der Waals surface area contributed by atoms with Gasteiger partial charge in [0.05, 0.1) is 30.6 Å². The molecule has 7 rings (SSSR count). The minimum absolute atomic E-state index is 0.0407. The Bertz CT molecular complexity index is 2610. The number of pyridine rings is 1. The van der Waals surface area contributed by atoms with E-state index < -0.39 is 75.1 Å². The summed E-state index contributed by atoms with van der Waals surface area (Å²) in [6.45, 7) is 12.5. The summed E-state index contributed by atoms with van der Waals surface area (Å²) in [5.74, 6) is -2.74. The van der Waals surface area contributed by atoms with Gasteiger partial charge in [-0.3, -0.25) is 34.5 Å². The molecule has 18 heteroatoms. The van der Waals surface area contributed by atoms with E-state index in [0.717, 1.165) is 43.3 Å². The summed E-state index contributed by atoms with van der Waals surface area (Å²) in [5, 5.41) is 18.5. The smallest absolute Gasteiger partial charge is 0.324 e. The molecule has 3 amide bonds. The number of hydrogen-bond acceptors (Lipinski definition) is 12. The Kier molecular flexibility index (Phi) is 14.3. The maximum atomic E-state index is 14.7. The summed E-state index contributed by atoms with van der Waals surface area (Å²) in [6, 6.07) is 12.1. The van der Waals surface area contributed by atoms with Crippen molar-refractivity contribution in [1.29, 1.82) is 0 Å². The van der Waals surface area contributed by atoms with Crippen LogP contribution in [0.3, 0.4) is 0 Å². The molecule has 2 aromatic heterocycles. The summed E-state index contributed by atoms with van der Waals surface area (Å²) in [7, 11) is 0.664. The Morgan fingerprint density at radius 1 is 1.09 bits per heavy atom. The van der Waals surface area contributed by atoms with Crippen molar-refractivity contribution in [3.05, 3.63) is 71.5 Å². The fourth-order valence-corrected chi connectivity index (χ4v) is 10.5. The van der Waals surface area contributed by atoms with Crippen molar-refractivity contribution in [2.45, 2.75) is 103 Å². The van der Waals surface area contributed by atoms with E-state index in [0.29, 0.717) is 43.5 Å². The van der Waals surface area contributed by atoms with E-state index in [1.165, 1.54) is 24.0 Å². The van der Waals surface area contributed by atoms with Crippen LogP contribution in [0.5, 0.6) is 5.75 Å². The van der Waals surface area contributed by atoms with Crippen molar-refractivity contribution in [2.24, 2.45) is 11.3 Å². The molecular formula is C48H64N8O9S. The first-order valence-corrected chi connectivity index (χ1v) is 24.2. The van der Waals surface area contributed by atoms with Crippen LogP contribution in [0.2, 0.25) is 0 Å². The molecule has 0 unspecified atom stereocenters. The van der Waals surface area contributed by atoms with Gasteiger partial charge in [-0.2, -0.15) is 4.31 Å². The topological polar surface area (TPSA) is 215 Å². The number of esters is 1. The molecule has 3 aliphatic heterocycles. The Balaban J connectivity index is 1.31. The molecule has 5 atom stereocenters. The molecule has 0 saturated carbocycles. The molecule has 6 bridgehead atoms. The normalized spacial score (nSPS) is 21.0. The number of nitrogens with one attached hydrogen (secondary N) is 3. The van der Waals surface area contributed by atoms with Crippen molar-refractivity contribution in [3.63, 3.8) is 0 Å². The quantitative estimate of drug-likeness (QED) is 0.117. The summed E-state index contributed by atoms with van der Waals surface area (Å²) in [6.07, 6.45) is 2.83. The summed E-state index contributed by atoms with van der Waals surface area (Å²) >= 11 is 0. The molecule has 2 saturated heterocycles. The maximum absolute atomic E-state index is 14.7. The van der Waals surface area contributed by atoms with Gasteiger partial charge in [0.25, 0.3) is 5.91 Å². The van der Waals surface area contributed by atoms with Crippen molar-refractivity contribution in [3.8, 4) is 28.1 Å². The number of ether oxygens (including phenoxy) is 2. The number of carbonyl (C=O) groups is 4. The number of fused-ring (bicyclic) bond motifs is 6. The second-order valence-electron chi connectivity index (χ2n) is 18.9. The van der Waals surface area contributed by atoms with Gasteiger partial charge in [-0.1, -0.05) is 39.8 Å². The van der Waals surface area contributed by atoms with Crippen molar-refractivity contribution < 1.29 is 42.2 Å². The lowest BCUT2D eigenvalue weighted by Crippen LogP contribution is -2.62. The number of phenols is 1. The van der Waals surface area contributed by atoms with E-state index in [4.69, 9.17) is 14.5 Å². The van der Waals surface area contributed by atoms with Crippen LogP contribution < -0.4 is 16.1 Å². The zero-order valence-electron chi connectivity index (χ0n) is 39.4. The van der Waals surface area contributed by atoms with Gasteiger partial charge in [0.1, 0.15) is 29.2 Å². The highest BCUT2D eigenvalue weighted by molar-refractivity contribution is 7.90. The van der Waals surface area contributed by atoms with Gasteiger partial charge in [-0.15, -0.1) is 0 Å². The third kappa shape index (κ3) is 10.1. The lowest BCUT2D eigenvalue weighted by Gasteiger charge is -2.37. The maximum Gasteiger partial charge on any atom is 0.324 e. The number of cyclic esters (lactones) is 1. The third-order valence-electron chi connectivity index (χ3n) is 12.9. The molecular weight excluding hydrogens is 865 g/mol. The fourth-order valence-electron chi connectivity index (χ4n) is 9.27. The standard InChI is InChI=1S/C48H64N8O9S/c1-10-55-39-16-15-31-23-35(39)36(44(55)34-13-11-17-49-42(34)29(4)64-9)24-48(5,6)27-65-47(61)37-14-12-18-56(52-37)46(60)38(21-30-19-32(31)22-33(57)20-30)51-45(59)43(28(2)3)54(8)41(58)26-53(7)66(62,63)40-25-50-40/h11,13,15-17,19-20,22-23,28-29,37-38,40,43,50,52,57H,10,12,14,18,21,24-27H2,1-9H3,(H,51,59)/t29-,37-,38-,40+,43-/m0/s1. The molecule has 4 N–H and O–H groups in total. The first-order valence-electron chi connectivity index (χ1n) is 22.7. The lowest BCUT2D eigenvalue weighted by molar-refractivity contribution is -0.155. The van der Waals surface area contributed by atoms with Crippen LogP contribution in [-0.2, 0) is 58.1 Å². The van der Waals surface area contributed by atoms with Crippen molar-refractivity contribution in [1.82, 2.24) is 39.8 Å². The first kappa shape index (κ1) is 48.5. The number of benzene rings is 2. The number of aromatic hydroxyl groups is 1. The van der Waals surface area contributed by atoms with E-state index in [1.807, 2.05) is 25.1 Å². The summed E-state index contributed by atoms with van der Waals surface area (Å²) in [4.78, 5) is 62.6. The number of hydrogen-bond donors (Lipinski definition) is 4. The van der Waals surface area contributed by atoms with E-state index in [1.54, 1.807) is 39.3 Å². The number of aromatic nitrogens is 2. The van der Waals surface area contributed by atoms with Crippen LogP contribution in [0.25, 0.3) is 33.3 Å². The molecule has 0 spiro atoms. The second kappa shape index (κ2) is 19.4. The van der Waals surface area contributed by atoms with E-state index in [9.17, 15) is 32.7 Å². The SMILES string of the molecule is CCn1c(-c2cccnc2[C@H](C)OC)c2c3cc(ccc31)-c1cc(O)cc(c1)C[C@H](NC(=O)[C@H](C(C)C)N(C)C(=O)CN(C)S(=O)(=O)[C@@H]1CN1)C(=O)N1CCC[C@H](N1)C(=O)OCC(C)(C)C2. The second-order valence-corrected chi connectivity index (χ2v) is 21.1. The fraction of sp³-hybridized carbons (Fsp3) is 0.521. The number of aryl methyl sites for hydroxylation is 1. The Morgan fingerprint density at radius 2 is 1.83 bits per heavy atom.